The van der Waals surface area contributed by atoms with Crippen molar-refractivity contribution in [1.82, 2.24) is 20.0 Å². The third-order valence-corrected chi connectivity index (χ3v) is 3.93. The van der Waals surface area contributed by atoms with Crippen LogP contribution in [0.4, 0.5) is 0 Å². The maximum Gasteiger partial charge on any atom is 0.154 e. The van der Waals surface area contributed by atoms with E-state index < -0.39 is 0 Å². The standard InChI is InChI=1S/C20H16N4O/c1-25-20(15-9-3-2-4-10-15)19(17-12-7-8-14-21-17)24-18-13-6-5-11-16(18)22-23-24/h2-14H,1H3. The van der Waals surface area contributed by atoms with Crippen LogP contribution in [0.15, 0.2) is 79.0 Å². The highest BCUT2D eigenvalue weighted by atomic mass is 16.5. The van der Waals surface area contributed by atoms with Crippen LogP contribution in [0.3, 0.4) is 0 Å². The highest BCUT2D eigenvalue weighted by Gasteiger charge is 2.19. The molecule has 0 atom stereocenters. The topological polar surface area (TPSA) is 52.8 Å². The van der Waals surface area contributed by atoms with E-state index >= 15 is 0 Å². The van der Waals surface area contributed by atoms with Gasteiger partial charge in [-0.3, -0.25) is 4.98 Å². The summed E-state index contributed by atoms with van der Waals surface area (Å²) in [5.41, 5.74) is 4.18. The molecular formula is C20H16N4O. The summed E-state index contributed by atoms with van der Waals surface area (Å²) >= 11 is 0. The van der Waals surface area contributed by atoms with Gasteiger partial charge >= 0.3 is 0 Å². The van der Waals surface area contributed by atoms with Crippen LogP contribution in [0.25, 0.3) is 22.5 Å². The second-order valence-corrected chi connectivity index (χ2v) is 5.45. The summed E-state index contributed by atoms with van der Waals surface area (Å²) in [7, 11) is 1.66. The second-order valence-electron chi connectivity index (χ2n) is 5.45. The van der Waals surface area contributed by atoms with Gasteiger partial charge in [0.25, 0.3) is 0 Å². The van der Waals surface area contributed by atoms with Gasteiger partial charge in [0, 0.05) is 11.8 Å². The molecule has 2 aromatic carbocycles. The molecule has 122 valence electrons. The van der Waals surface area contributed by atoms with Gasteiger partial charge in [0.1, 0.15) is 11.2 Å². The van der Waals surface area contributed by atoms with E-state index in [0.717, 1.165) is 28.0 Å². The lowest BCUT2D eigenvalue weighted by Gasteiger charge is -2.14. The average Bonchev–Trinajstić information content (AvgIpc) is 3.11. The van der Waals surface area contributed by atoms with Gasteiger partial charge in [-0.05, 0) is 24.3 Å². The number of rotatable bonds is 4. The first kappa shape index (κ1) is 15.1. The van der Waals surface area contributed by atoms with Gasteiger partial charge < -0.3 is 4.74 Å². The largest absolute Gasteiger partial charge is 0.494 e. The Morgan fingerprint density at radius 1 is 0.880 bits per heavy atom. The van der Waals surface area contributed by atoms with Crippen LogP contribution in [-0.4, -0.2) is 27.1 Å². The molecule has 4 rings (SSSR count). The van der Waals surface area contributed by atoms with Crippen LogP contribution in [0.1, 0.15) is 11.3 Å². The van der Waals surface area contributed by atoms with Crippen molar-refractivity contribution >= 4 is 22.5 Å². The fourth-order valence-corrected chi connectivity index (χ4v) is 2.80. The molecule has 0 unspecified atom stereocenters. The summed E-state index contributed by atoms with van der Waals surface area (Å²) in [5, 5.41) is 8.63. The molecule has 0 spiro atoms. The number of methoxy groups -OCH3 is 1. The Balaban J connectivity index is 2.05. The van der Waals surface area contributed by atoms with Crippen LogP contribution < -0.4 is 0 Å². The average molecular weight is 328 g/mol. The Labute approximate surface area is 145 Å². The molecule has 0 fully saturated rings. The molecule has 0 bridgehead atoms. The molecule has 0 aliphatic carbocycles. The first-order valence-electron chi connectivity index (χ1n) is 7.94. The lowest BCUT2D eigenvalue weighted by molar-refractivity contribution is 0.369. The minimum absolute atomic E-state index is 0.690. The van der Waals surface area contributed by atoms with E-state index in [-0.39, 0.29) is 0 Å². The van der Waals surface area contributed by atoms with Gasteiger partial charge in [0.15, 0.2) is 5.76 Å². The normalized spacial score (nSPS) is 12.0. The predicted molar refractivity (Wildman–Crippen MR) is 97.4 cm³/mol. The lowest BCUT2D eigenvalue weighted by atomic mass is 10.1. The molecule has 2 heterocycles. The van der Waals surface area contributed by atoms with Crippen molar-refractivity contribution in [2.45, 2.75) is 0 Å². The molecule has 0 radical (unpaired) electrons. The van der Waals surface area contributed by atoms with Gasteiger partial charge in [-0.25, -0.2) is 4.68 Å². The van der Waals surface area contributed by atoms with E-state index in [1.165, 1.54) is 0 Å². The van der Waals surface area contributed by atoms with Crippen LogP contribution >= 0.6 is 0 Å². The minimum Gasteiger partial charge on any atom is -0.494 e. The molecule has 5 heteroatoms. The molecule has 0 N–H and O–H groups in total. The van der Waals surface area contributed by atoms with Crippen LogP contribution in [0, 0.1) is 0 Å². The fourth-order valence-electron chi connectivity index (χ4n) is 2.80. The first-order chi connectivity index (χ1) is 12.4. The van der Waals surface area contributed by atoms with Crippen molar-refractivity contribution in [3.63, 3.8) is 0 Å². The lowest BCUT2D eigenvalue weighted by Crippen LogP contribution is -2.07. The van der Waals surface area contributed by atoms with E-state index in [1.807, 2.05) is 72.8 Å². The van der Waals surface area contributed by atoms with Gasteiger partial charge in [-0.15, -0.1) is 5.10 Å². The van der Waals surface area contributed by atoms with Crippen molar-refractivity contribution in [1.29, 1.82) is 0 Å². The van der Waals surface area contributed by atoms with E-state index in [2.05, 4.69) is 15.3 Å². The molecule has 0 saturated carbocycles. The number of fused-ring (bicyclic) bond motifs is 1. The first-order valence-corrected chi connectivity index (χ1v) is 7.94. The highest BCUT2D eigenvalue weighted by molar-refractivity contribution is 5.90. The molecule has 4 aromatic rings. The van der Waals surface area contributed by atoms with Gasteiger partial charge in [0.05, 0.1) is 18.3 Å². The zero-order chi connectivity index (χ0) is 17.1. The number of hydrogen-bond acceptors (Lipinski definition) is 4. The number of ether oxygens (including phenoxy) is 1. The molecule has 25 heavy (non-hydrogen) atoms. The zero-order valence-electron chi connectivity index (χ0n) is 13.7. The molecule has 2 aromatic heterocycles. The summed E-state index contributed by atoms with van der Waals surface area (Å²) in [6.45, 7) is 0. The third-order valence-electron chi connectivity index (χ3n) is 3.93. The van der Waals surface area contributed by atoms with Crippen molar-refractivity contribution in [2.24, 2.45) is 0 Å². The molecule has 0 aliphatic rings. The Hall–Kier alpha value is -3.47. The van der Waals surface area contributed by atoms with E-state index in [0.29, 0.717) is 5.76 Å². The predicted octanol–water partition coefficient (Wildman–Crippen LogP) is 3.85. The SMILES string of the molecule is COC(=C(c1ccccn1)n1nnc2ccccc21)c1ccccc1. The minimum atomic E-state index is 0.690. The Morgan fingerprint density at radius 3 is 2.40 bits per heavy atom. The quantitative estimate of drug-likeness (QED) is 0.534. The number of hydrogen-bond donors (Lipinski definition) is 0. The maximum absolute atomic E-state index is 5.78. The van der Waals surface area contributed by atoms with E-state index in [4.69, 9.17) is 4.74 Å². The highest BCUT2D eigenvalue weighted by Crippen LogP contribution is 2.29. The van der Waals surface area contributed by atoms with Crippen LogP contribution in [0.5, 0.6) is 0 Å². The zero-order valence-corrected chi connectivity index (χ0v) is 13.7. The smallest absolute Gasteiger partial charge is 0.154 e. The number of benzene rings is 2. The fraction of sp³-hybridized carbons (Fsp3) is 0.0500. The Bertz CT molecular complexity index is 1020. The third kappa shape index (κ3) is 2.76. The van der Waals surface area contributed by atoms with E-state index in [9.17, 15) is 0 Å². The molecule has 0 aliphatic heterocycles. The summed E-state index contributed by atoms with van der Waals surface area (Å²) < 4.78 is 7.56. The second kappa shape index (κ2) is 6.57. The van der Waals surface area contributed by atoms with Crippen molar-refractivity contribution in [3.8, 4) is 0 Å². The molecular weight excluding hydrogens is 312 g/mol. The summed E-state index contributed by atoms with van der Waals surface area (Å²) in [6.07, 6.45) is 1.76. The number of nitrogens with zero attached hydrogens (tertiary/aromatic N) is 4. The Kier molecular flexibility index (Phi) is 3.96. The van der Waals surface area contributed by atoms with Crippen molar-refractivity contribution in [3.05, 3.63) is 90.3 Å². The summed E-state index contributed by atoms with van der Waals surface area (Å²) in [5.74, 6) is 0.690. The van der Waals surface area contributed by atoms with Crippen LogP contribution in [-0.2, 0) is 4.74 Å². The summed E-state index contributed by atoms with van der Waals surface area (Å²) in [6, 6.07) is 23.5. The van der Waals surface area contributed by atoms with Crippen molar-refractivity contribution < 1.29 is 4.74 Å². The molecule has 5 nitrogen and oxygen atoms in total. The van der Waals surface area contributed by atoms with E-state index in [1.54, 1.807) is 18.0 Å². The van der Waals surface area contributed by atoms with Crippen molar-refractivity contribution in [2.75, 3.05) is 7.11 Å². The maximum atomic E-state index is 5.78. The molecule has 0 saturated heterocycles. The number of aromatic nitrogens is 4. The number of pyridine rings is 1. The van der Waals surface area contributed by atoms with Gasteiger partial charge in [-0.2, -0.15) is 0 Å². The summed E-state index contributed by atoms with van der Waals surface area (Å²) in [4.78, 5) is 4.51. The van der Waals surface area contributed by atoms with Gasteiger partial charge in [0.2, 0.25) is 0 Å². The Morgan fingerprint density at radius 2 is 1.64 bits per heavy atom. The van der Waals surface area contributed by atoms with Gasteiger partial charge in [-0.1, -0.05) is 53.7 Å². The monoisotopic (exact) mass is 328 g/mol. The van der Waals surface area contributed by atoms with Crippen LogP contribution in [0.2, 0.25) is 0 Å². The number of para-hydroxylation sites is 1. The molecule has 0 amide bonds.